The summed E-state index contributed by atoms with van der Waals surface area (Å²) in [5.74, 6) is 0.768. The molecule has 1 aliphatic rings. The zero-order valence-electron chi connectivity index (χ0n) is 14.7. The molecule has 0 saturated carbocycles. The van der Waals surface area contributed by atoms with Gasteiger partial charge in [-0.15, -0.1) is 11.3 Å². The summed E-state index contributed by atoms with van der Waals surface area (Å²) >= 11 is 1.52. The molecule has 3 aromatic rings. The Balaban J connectivity index is 1.40. The Labute approximate surface area is 165 Å². The molecule has 0 saturated heterocycles. The largest absolute Gasteiger partial charge is 0.455 e. The van der Waals surface area contributed by atoms with Gasteiger partial charge in [-0.05, 0) is 67.3 Å². The minimum atomic E-state index is -3.73. The Morgan fingerprint density at radius 1 is 1.18 bits per heavy atom. The maximum Gasteiger partial charge on any atom is 0.281 e. The van der Waals surface area contributed by atoms with E-state index in [1.165, 1.54) is 40.1 Å². The molecular formula is C19H17N3O4S2. The minimum Gasteiger partial charge on any atom is -0.455 e. The molecule has 2 aromatic heterocycles. The van der Waals surface area contributed by atoms with Gasteiger partial charge in [-0.25, -0.2) is 19.0 Å². The van der Waals surface area contributed by atoms with Gasteiger partial charge in [0.05, 0.1) is 16.0 Å². The smallest absolute Gasteiger partial charge is 0.281 e. The first-order chi connectivity index (χ1) is 13.4. The number of nitrogens with two attached hydrogens (primary N) is 1. The summed E-state index contributed by atoms with van der Waals surface area (Å²) in [7, 11) is -3.73. The van der Waals surface area contributed by atoms with E-state index >= 15 is 0 Å². The highest BCUT2D eigenvalue weighted by molar-refractivity contribution is 7.89. The molecule has 0 fully saturated rings. The monoisotopic (exact) mass is 415 g/mol. The lowest BCUT2D eigenvalue weighted by molar-refractivity contribution is 0.0959. The average molecular weight is 415 g/mol. The predicted octanol–water partition coefficient (Wildman–Crippen LogP) is 2.91. The van der Waals surface area contributed by atoms with Crippen LogP contribution >= 0.6 is 11.3 Å². The van der Waals surface area contributed by atoms with Gasteiger partial charge in [-0.2, -0.15) is 5.10 Å². The molecule has 1 amide bonds. The van der Waals surface area contributed by atoms with E-state index < -0.39 is 10.0 Å². The van der Waals surface area contributed by atoms with Crippen molar-refractivity contribution < 1.29 is 17.6 Å². The van der Waals surface area contributed by atoms with E-state index in [9.17, 15) is 13.2 Å². The van der Waals surface area contributed by atoms with Crippen LogP contribution in [0.3, 0.4) is 0 Å². The van der Waals surface area contributed by atoms with Crippen LogP contribution in [0.2, 0.25) is 0 Å². The summed E-state index contributed by atoms with van der Waals surface area (Å²) in [6.07, 6.45) is 4.66. The fourth-order valence-electron chi connectivity index (χ4n) is 3.04. The van der Waals surface area contributed by atoms with Crippen LogP contribution in [-0.4, -0.2) is 20.5 Å². The molecule has 0 spiro atoms. The highest BCUT2D eigenvalue weighted by atomic mass is 32.2. The normalized spacial score (nSPS) is 13.8. The zero-order chi connectivity index (χ0) is 19.7. The van der Waals surface area contributed by atoms with E-state index in [0.29, 0.717) is 22.0 Å². The molecule has 7 nitrogen and oxygen atoms in total. The van der Waals surface area contributed by atoms with Crippen molar-refractivity contribution >= 4 is 33.5 Å². The molecule has 0 aliphatic heterocycles. The van der Waals surface area contributed by atoms with Gasteiger partial charge in [-0.1, -0.05) is 0 Å². The lowest BCUT2D eigenvalue weighted by Gasteiger charge is -2.00. The number of aryl methyl sites for hydroxylation is 2. The van der Waals surface area contributed by atoms with E-state index in [-0.39, 0.29) is 10.8 Å². The van der Waals surface area contributed by atoms with Gasteiger partial charge in [0, 0.05) is 10.4 Å². The molecule has 1 aromatic carbocycles. The van der Waals surface area contributed by atoms with Crippen molar-refractivity contribution in [3.63, 3.8) is 0 Å². The van der Waals surface area contributed by atoms with E-state index in [2.05, 4.69) is 10.5 Å². The van der Waals surface area contributed by atoms with Crippen LogP contribution in [0, 0.1) is 0 Å². The minimum absolute atomic E-state index is 0.0341. The second-order valence-corrected chi connectivity index (χ2v) is 9.08. The summed E-state index contributed by atoms with van der Waals surface area (Å²) < 4.78 is 28.3. The number of hydrogen-bond acceptors (Lipinski definition) is 6. The lowest BCUT2D eigenvalue weighted by atomic mass is 10.2. The van der Waals surface area contributed by atoms with E-state index in [1.54, 1.807) is 24.3 Å². The van der Waals surface area contributed by atoms with E-state index in [0.717, 1.165) is 19.3 Å². The SMILES string of the molecule is NS(=O)(=O)c1ccc(-c2ccc(/C=N\NC(=O)c3cc4c(s3)CCC4)o2)cc1. The average Bonchev–Trinajstić information content (AvgIpc) is 3.37. The molecule has 9 heteroatoms. The standard InChI is InChI=1S/C19H17N3O4S2/c20-28(24,25)15-7-4-12(5-8-15)16-9-6-14(26-16)11-21-22-19(23)18-10-13-2-1-3-17(13)27-18/h4-11H,1-3H2,(H,22,23)(H2,20,24,25)/b21-11-. The van der Waals surface area contributed by atoms with Crippen LogP contribution in [0.15, 0.2) is 56.9 Å². The third-order valence-electron chi connectivity index (χ3n) is 4.42. The molecule has 2 heterocycles. The number of nitrogens with one attached hydrogen (secondary N) is 1. The van der Waals surface area contributed by atoms with Gasteiger partial charge >= 0.3 is 0 Å². The number of amides is 1. The van der Waals surface area contributed by atoms with Crippen molar-refractivity contribution in [1.29, 1.82) is 0 Å². The van der Waals surface area contributed by atoms with Gasteiger partial charge in [0.15, 0.2) is 0 Å². The Bertz CT molecular complexity index is 1140. The van der Waals surface area contributed by atoms with Crippen molar-refractivity contribution in [3.05, 3.63) is 63.5 Å². The van der Waals surface area contributed by atoms with E-state index in [1.807, 2.05) is 6.07 Å². The Hall–Kier alpha value is -2.75. The topological polar surface area (TPSA) is 115 Å². The molecule has 28 heavy (non-hydrogen) atoms. The van der Waals surface area contributed by atoms with Crippen LogP contribution in [0.5, 0.6) is 0 Å². The highest BCUT2D eigenvalue weighted by Crippen LogP contribution is 2.30. The maximum atomic E-state index is 12.2. The molecule has 1 aliphatic carbocycles. The summed E-state index contributed by atoms with van der Waals surface area (Å²) in [4.78, 5) is 14.2. The third kappa shape index (κ3) is 3.91. The van der Waals surface area contributed by atoms with Crippen LogP contribution in [0.25, 0.3) is 11.3 Å². The Morgan fingerprint density at radius 3 is 2.68 bits per heavy atom. The summed E-state index contributed by atoms with van der Waals surface area (Å²) in [5, 5.41) is 9.04. The first-order valence-electron chi connectivity index (χ1n) is 8.58. The number of nitrogens with zero attached hydrogens (tertiary/aromatic N) is 1. The zero-order valence-corrected chi connectivity index (χ0v) is 16.3. The van der Waals surface area contributed by atoms with Gasteiger partial charge in [0.25, 0.3) is 5.91 Å². The quantitative estimate of drug-likeness (QED) is 0.492. The number of carbonyl (C=O) groups is 1. The summed E-state index contributed by atoms with van der Waals surface area (Å²) in [6.45, 7) is 0. The first-order valence-corrected chi connectivity index (χ1v) is 10.9. The van der Waals surface area contributed by atoms with Gasteiger partial charge in [0.2, 0.25) is 10.0 Å². The van der Waals surface area contributed by atoms with Crippen molar-refractivity contribution in [3.8, 4) is 11.3 Å². The lowest BCUT2D eigenvalue weighted by Crippen LogP contribution is -2.16. The molecular weight excluding hydrogens is 398 g/mol. The molecule has 0 atom stereocenters. The van der Waals surface area contributed by atoms with Crippen LogP contribution in [0.1, 0.15) is 32.3 Å². The van der Waals surface area contributed by atoms with Crippen LogP contribution in [-0.2, 0) is 22.9 Å². The highest BCUT2D eigenvalue weighted by Gasteiger charge is 2.18. The molecule has 144 valence electrons. The van der Waals surface area contributed by atoms with E-state index in [4.69, 9.17) is 9.56 Å². The number of benzene rings is 1. The first kappa shape index (κ1) is 18.6. The number of sulfonamides is 1. The predicted molar refractivity (Wildman–Crippen MR) is 107 cm³/mol. The van der Waals surface area contributed by atoms with Crippen molar-refractivity contribution in [2.75, 3.05) is 0 Å². The van der Waals surface area contributed by atoms with Gasteiger partial charge < -0.3 is 4.42 Å². The number of fused-ring (bicyclic) bond motifs is 1. The number of hydrazone groups is 1. The molecule has 4 rings (SSSR count). The number of primary sulfonamides is 1. The maximum absolute atomic E-state index is 12.2. The van der Waals surface area contributed by atoms with Crippen molar-refractivity contribution in [2.45, 2.75) is 24.2 Å². The van der Waals surface area contributed by atoms with Gasteiger partial charge in [-0.3, -0.25) is 4.79 Å². The number of carbonyl (C=O) groups excluding carboxylic acids is 1. The molecule has 0 bridgehead atoms. The fraction of sp³-hybridized carbons (Fsp3) is 0.158. The molecule has 3 N–H and O–H groups in total. The molecule has 0 unspecified atom stereocenters. The summed E-state index contributed by atoms with van der Waals surface area (Å²) in [6, 6.07) is 11.4. The molecule has 0 radical (unpaired) electrons. The number of hydrogen-bond donors (Lipinski definition) is 2. The van der Waals surface area contributed by atoms with Gasteiger partial charge in [0.1, 0.15) is 11.5 Å². The second kappa shape index (κ2) is 7.34. The number of rotatable bonds is 5. The second-order valence-electron chi connectivity index (χ2n) is 6.38. The van der Waals surface area contributed by atoms with Crippen molar-refractivity contribution in [1.82, 2.24) is 5.43 Å². The third-order valence-corrected chi connectivity index (χ3v) is 6.59. The fourth-order valence-corrected chi connectivity index (χ4v) is 4.70. The Morgan fingerprint density at radius 2 is 1.96 bits per heavy atom. The number of thiophene rings is 1. The van der Waals surface area contributed by atoms with Crippen LogP contribution < -0.4 is 10.6 Å². The van der Waals surface area contributed by atoms with Crippen molar-refractivity contribution in [2.24, 2.45) is 10.2 Å². The summed E-state index contributed by atoms with van der Waals surface area (Å²) in [5.41, 5.74) is 4.47. The van der Waals surface area contributed by atoms with Crippen LogP contribution in [0.4, 0.5) is 0 Å². The number of furan rings is 1. The Kier molecular flexibility index (Phi) is 4.88.